The van der Waals surface area contributed by atoms with Crippen LogP contribution in [0.25, 0.3) is 0 Å². The van der Waals surface area contributed by atoms with E-state index >= 15 is 0 Å². The number of nitrogens with one attached hydrogen (secondary N) is 1. The van der Waals surface area contributed by atoms with Crippen molar-refractivity contribution in [2.75, 3.05) is 5.32 Å². The van der Waals surface area contributed by atoms with Crippen molar-refractivity contribution in [2.24, 2.45) is 0 Å². The van der Waals surface area contributed by atoms with Gasteiger partial charge in [0.2, 0.25) is 0 Å². The molecule has 3 nitrogen and oxygen atoms in total. The third kappa shape index (κ3) is 3.47. The minimum absolute atomic E-state index is 0.291. The minimum atomic E-state index is -0.291. The molecule has 1 amide bonds. The third-order valence-corrected chi connectivity index (χ3v) is 3.87. The Morgan fingerprint density at radius 3 is 2.68 bits per heavy atom. The minimum Gasteiger partial charge on any atom is -0.321 e. The molecule has 2 aromatic rings. The second-order valence-corrected chi connectivity index (χ2v) is 5.55. The van der Waals surface area contributed by atoms with Crippen molar-refractivity contribution in [3.05, 3.63) is 56.2 Å². The van der Waals surface area contributed by atoms with Gasteiger partial charge in [0.1, 0.15) is 5.15 Å². The first kappa shape index (κ1) is 14.3. The zero-order valence-electron chi connectivity index (χ0n) is 9.88. The maximum atomic E-state index is 12.1. The zero-order chi connectivity index (χ0) is 14.0. The van der Waals surface area contributed by atoms with Gasteiger partial charge in [-0.1, -0.05) is 29.3 Å². The fraction of sp³-hybridized carbons (Fsp3) is 0.0769. The molecule has 19 heavy (non-hydrogen) atoms. The standard InChI is InChI=1S/C13H9BrCl2N2O/c1-7-2-3-9(11(15)4-7)13(19)18-8-5-10(14)12(16)17-6-8/h2-6H,1H3,(H,18,19). The molecule has 0 saturated carbocycles. The van der Waals surface area contributed by atoms with Crippen molar-refractivity contribution < 1.29 is 4.79 Å². The lowest BCUT2D eigenvalue weighted by Crippen LogP contribution is -2.12. The number of carbonyl (C=O) groups is 1. The van der Waals surface area contributed by atoms with Gasteiger partial charge in [-0.2, -0.15) is 0 Å². The number of halogens is 3. The van der Waals surface area contributed by atoms with Gasteiger partial charge in [0, 0.05) is 0 Å². The van der Waals surface area contributed by atoms with Gasteiger partial charge in [-0.3, -0.25) is 4.79 Å². The fourth-order valence-electron chi connectivity index (χ4n) is 1.49. The summed E-state index contributed by atoms with van der Waals surface area (Å²) in [6.07, 6.45) is 1.48. The molecule has 0 unspecified atom stereocenters. The summed E-state index contributed by atoms with van der Waals surface area (Å²) in [6, 6.07) is 6.93. The normalized spacial score (nSPS) is 10.3. The van der Waals surface area contributed by atoms with Gasteiger partial charge in [0.25, 0.3) is 5.91 Å². The lowest BCUT2D eigenvalue weighted by molar-refractivity contribution is 0.102. The molecule has 0 atom stereocenters. The quantitative estimate of drug-likeness (QED) is 0.789. The smallest absolute Gasteiger partial charge is 0.257 e. The van der Waals surface area contributed by atoms with Crippen molar-refractivity contribution in [3.63, 3.8) is 0 Å². The number of pyridine rings is 1. The van der Waals surface area contributed by atoms with Crippen molar-refractivity contribution in [3.8, 4) is 0 Å². The molecule has 0 radical (unpaired) electrons. The van der Waals surface area contributed by atoms with E-state index < -0.39 is 0 Å². The first-order valence-corrected chi connectivity index (χ1v) is 6.91. The summed E-state index contributed by atoms with van der Waals surface area (Å²) in [5.74, 6) is -0.291. The summed E-state index contributed by atoms with van der Waals surface area (Å²) in [4.78, 5) is 16.0. The van der Waals surface area contributed by atoms with E-state index in [2.05, 4.69) is 26.2 Å². The Morgan fingerprint density at radius 2 is 2.05 bits per heavy atom. The van der Waals surface area contributed by atoms with Gasteiger partial charge in [-0.05, 0) is 46.6 Å². The molecule has 0 aliphatic heterocycles. The summed E-state index contributed by atoms with van der Waals surface area (Å²) in [5, 5.41) is 3.47. The Morgan fingerprint density at radius 1 is 1.32 bits per heavy atom. The average molecular weight is 360 g/mol. The highest BCUT2D eigenvalue weighted by molar-refractivity contribution is 9.10. The van der Waals surface area contributed by atoms with Gasteiger partial charge >= 0.3 is 0 Å². The molecule has 6 heteroatoms. The van der Waals surface area contributed by atoms with Crippen LogP contribution in [0.15, 0.2) is 34.9 Å². The second-order valence-electron chi connectivity index (χ2n) is 3.93. The van der Waals surface area contributed by atoms with Crippen LogP contribution in [0.3, 0.4) is 0 Å². The summed E-state index contributed by atoms with van der Waals surface area (Å²) >= 11 is 15.1. The van der Waals surface area contributed by atoms with E-state index in [9.17, 15) is 4.79 Å². The SMILES string of the molecule is Cc1ccc(C(=O)Nc2cnc(Cl)c(Br)c2)c(Cl)c1. The van der Waals surface area contributed by atoms with Gasteiger partial charge in [-0.25, -0.2) is 4.98 Å². The molecule has 2 rings (SSSR count). The van der Waals surface area contributed by atoms with E-state index in [1.807, 2.05) is 13.0 Å². The van der Waals surface area contributed by atoms with Crippen LogP contribution in [0.2, 0.25) is 10.2 Å². The van der Waals surface area contributed by atoms with Crippen LogP contribution in [-0.2, 0) is 0 Å². The summed E-state index contributed by atoms with van der Waals surface area (Å²) < 4.78 is 0.613. The van der Waals surface area contributed by atoms with Gasteiger partial charge in [-0.15, -0.1) is 0 Å². The molecule has 98 valence electrons. The molecule has 0 spiro atoms. The van der Waals surface area contributed by atoms with E-state index in [4.69, 9.17) is 23.2 Å². The number of rotatable bonds is 2. The first-order chi connectivity index (χ1) is 8.97. The number of aryl methyl sites for hydroxylation is 1. The fourth-order valence-corrected chi connectivity index (χ4v) is 2.27. The molecule has 0 aliphatic rings. The number of hydrogen-bond donors (Lipinski definition) is 1. The molecular formula is C13H9BrCl2N2O. The van der Waals surface area contributed by atoms with E-state index in [0.717, 1.165) is 5.56 Å². The predicted octanol–water partition coefficient (Wildman–Crippen LogP) is 4.71. The van der Waals surface area contributed by atoms with Crippen LogP contribution in [0.1, 0.15) is 15.9 Å². The molecule has 1 heterocycles. The van der Waals surface area contributed by atoms with Crippen LogP contribution in [0.5, 0.6) is 0 Å². The highest BCUT2D eigenvalue weighted by Gasteiger charge is 2.11. The van der Waals surface area contributed by atoms with Crippen molar-refractivity contribution in [2.45, 2.75) is 6.92 Å². The molecule has 0 aliphatic carbocycles. The maximum Gasteiger partial charge on any atom is 0.257 e. The Labute approximate surface area is 129 Å². The molecule has 0 fully saturated rings. The summed E-state index contributed by atoms with van der Waals surface area (Å²) in [7, 11) is 0. The number of anilines is 1. The number of amides is 1. The van der Waals surface area contributed by atoms with E-state index in [1.54, 1.807) is 18.2 Å². The largest absolute Gasteiger partial charge is 0.321 e. The highest BCUT2D eigenvalue weighted by atomic mass is 79.9. The Bertz CT molecular complexity index is 647. The van der Waals surface area contributed by atoms with Crippen LogP contribution in [-0.4, -0.2) is 10.9 Å². The predicted molar refractivity (Wildman–Crippen MR) is 81.1 cm³/mol. The van der Waals surface area contributed by atoms with E-state index in [-0.39, 0.29) is 5.91 Å². The molecule has 1 aromatic heterocycles. The number of nitrogens with zero attached hydrogens (tertiary/aromatic N) is 1. The van der Waals surface area contributed by atoms with E-state index in [0.29, 0.717) is 25.9 Å². The zero-order valence-corrected chi connectivity index (χ0v) is 13.0. The van der Waals surface area contributed by atoms with Gasteiger partial charge in [0.05, 0.1) is 26.9 Å². The first-order valence-electron chi connectivity index (χ1n) is 5.36. The number of benzene rings is 1. The molecule has 1 aromatic carbocycles. The van der Waals surface area contributed by atoms with Crippen LogP contribution >= 0.6 is 39.1 Å². The summed E-state index contributed by atoms with van der Waals surface area (Å²) in [5.41, 5.74) is 1.95. The van der Waals surface area contributed by atoms with Crippen LogP contribution in [0.4, 0.5) is 5.69 Å². The van der Waals surface area contributed by atoms with Gasteiger partial charge < -0.3 is 5.32 Å². The Kier molecular flexibility index (Phi) is 4.45. The van der Waals surface area contributed by atoms with Crippen LogP contribution in [0, 0.1) is 6.92 Å². The van der Waals surface area contributed by atoms with Crippen molar-refractivity contribution >= 4 is 50.7 Å². The Hall–Kier alpha value is -1.10. The molecule has 1 N–H and O–H groups in total. The third-order valence-electron chi connectivity index (χ3n) is 2.42. The Balaban J connectivity index is 2.23. The lowest BCUT2D eigenvalue weighted by atomic mass is 10.1. The maximum absolute atomic E-state index is 12.1. The molecule has 0 bridgehead atoms. The molecule has 0 saturated heterocycles. The summed E-state index contributed by atoms with van der Waals surface area (Å²) in [6.45, 7) is 1.91. The monoisotopic (exact) mass is 358 g/mol. The average Bonchev–Trinajstić information content (AvgIpc) is 2.33. The van der Waals surface area contributed by atoms with Gasteiger partial charge in [0.15, 0.2) is 0 Å². The highest BCUT2D eigenvalue weighted by Crippen LogP contribution is 2.24. The van der Waals surface area contributed by atoms with Crippen molar-refractivity contribution in [1.82, 2.24) is 4.98 Å². The van der Waals surface area contributed by atoms with Crippen molar-refractivity contribution in [1.29, 1.82) is 0 Å². The molecular weight excluding hydrogens is 351 g/mol. The number of aromatic nitrogens is 1. The number of hydrogen-bond acceptors (Lipinski definition) is 2. The topological polar surface area (TPSA) is 42.0 Å². The second kappa shape index (κ2) is 5.90. The number of carbonyl (C=O) groups excluding carboxylic acids is 1. The van der Waals surface area contributed by atoms with Crippen LogP contribution < -0.4 is 5.32 Å². The van der Waals surface area contributed by atoms with E-state index in [1.165, 1.54) is 6.20 Å². The lowest BCUT2D eigenvalue weighted by Gasteiger charge is -2.07.